The quantitative estimate of drug-likeness (QED) is 0.449. The van der Waals surface area contributed by atoms with E-state index in [-0.39, 0.29) is 23.8 Å². The summed E-state index contributed by atoms with van der Waals surface area (Å²) in [6.45, 7) is 2.68. The Labute approximate surface area is 190 Å². The van der Waals surface area contributed by atoms with Crippen LogP contribution < -0.4 is 0 Å². The molecule has 0 bridgehead atoms. The summed E-state index contributed by atoms with van der Waals surface area (Å²) in [4.78, 5) is 25.9. The summed E-state index contributed by atoms with van der Waals surface area (Å²) in [5.41, 5.74) is 2.86. The van der Waals surface area contributed by atoms with Crippen molar-refractivity contribution in [2.24, 2.45) is 5.92 Å². The van der Waals surface area contributed by atoms with Gasteiger partial charge in [-0.05, 0) is 54.9 Å². The van der Waals surface area contributed by atoms with E-state index in [2.05, 4.69) is 19.1 Å². The summed E-state index contributed by atoms with van der Waals surface area (Å²) in [5.74, 6) is -0.0594. The predicted molar refractivity (Wildman–Crippen MR) is 125 cm³/mol. The lowest BCUT2D eigenvalue weighted by Gasteiger charge is -2.23. The van der Waals surface area contributed by atoms with Crippen LogP contribution >= 0.6 is 0 Å². The molecule has 3 rings (SSSR count). The van der Waals surface area contributed by atoms with Gasteiger partial charge in [-0.1, -0.05) is 61.5 Å². The number of hydrogen-bond donors (Lipinski definition) is 1. The number of aryl methyl sites for hydroxylation is 1. The third-order valence-corrected chi connectivity index (χ3v) is 6.24. The molecule has 1 N–H and O–H groups in total. The summed E-state index contributed by atoms with van der Waals surface area (Å²) in [5, 5.41) is 10.6. The van der Waals surface area contributed by atoms with E-state index in [0.717, 1.165) is 24.8 Å². The molecule has 3 atom stereocenters. The summed E-state index contributed by atoms with van der Waals surface area (Å²) < 4.78 is 4.73. The number of methoxy groups -OCH3 is 1. The average molecular weight is 436 g/mol. The van der Waals surface area contributed by atoms with E-state index in [0.29, 0.717) is 24.9 Å². The van der Waals surface area contributed by atoms with E-state index in [1.54, 1.807) is 12.1 Å². The lowest BCUT2D eigenvalue weighted by atomic mass is 9.95. The molecule has 0 saturated carbocycles. The Morgan fingerprint density at radius 2 is 1.81 bits per heavy atom. The lowest BCUT2D eigenvalue weighted by molar-refractivity contribution is -0.128. The van der Waals surface area contributed by atoms with Gasteiger partial charge in [0, 0.05) is 13.0 Å². The zero-order valence-electron chi connectivity index (χ0n) is 18.9. The number of carbonyl (C=O) groups excluding carboxylic acids is 2. The zero-order chi connectivity index (χ0) is 22.9. The van der Waals surface area contributed by atoms with Gasteiger partial charge in [0.2, 0.25) is 5.91 Å². The molecule has 1 heterocycles. The molecule has 32 heavy (non-hydrogen) atoms. The Morgan fingerprint density at radius 3 is 2.50 bits per heavy atom. The Morgan fingerprint density at radius 1 is 1.12 bits per heavy atom. The van der Waals surface area contributed by atoms with Gasteiger partial charge in [0.1, 0.15) is 0 Å². The molecule has 0 radical (unpaired) electrons. The van der Waals surface area contributed by atoms with Gasteiger partial charge < -0.3 is 14.7 Å². The highest BCUT2D eigenvalue weighted by Crippen LogP contribution is 2.22. The minimum atomic E-state index is -0.526. The normalized spacial score (nSPS) is 18.2. The minimum Gasteiger partial charge on any atom is -0.465 e. The van der Waals surface area contributed by atoms with Crippen LogP contribution in [-0.4, -0.2) is 47.7 Å². The van der Waals surface area contributed by atoms with E-state index < -0.39 is 6.10 Å². The number of rotatable bonds is 10. The fourth-order valence-electron chi connectivity index (χ4n) is 4.06. The molecule has 1 unspecified atom stereocenters. The van der Waals surface area contributed by atoms with Crippen LogP contribution in [-0.2, 0) is 22.4 Å². The number of likely N-dealkylation sites (tertiary alicyclic amines) is 1. The molecule has 1 saturated heterocycles. The summed E-state index contributed by atoms with van der Waals surface area (Å²) >= 11 is 0. The average Bonchev–Trinajstić information content (AvgIpc) is 3.19. The number of aliphatic hydroxyl groups is 1. The molecule has 1 amide bonds. The molecule has 1 aliphatic rings. The van der Waals surface area contributed by atoms with Crippen LogP contribution in [0.3, 0.4) is 0 Å². The second-order valence-corrected chi connectivity index (χ2v) is 8.51. The van der Waals surface area contributed by atoms with Crippen LogP contribution in [0.25, 0.3) is 0 Å². The van der Waals surface area contributed by atoms with Crippen molar-refractivity contribution in [2.45, 2.75) is 51.2 Å². The number of carbonyl (C=O) groups is 2. The van der Waals surface area contributed by atoms with Crippen molar-refractivity contribution >= 4 is 11.9 Å². The first-order valence-corrected chi connectivity index (χ1v) is 11.3. The Kier molecular flexibility index (Phi) is 8.63. The van der Waals surface area contributed by atoms with Gasteiger partial charge in [0.05, 0.1) is 24.8 Å². The second kappa shape index (κ2) is 11.6. The first-order chi connectivity index (χ1) is 15.5. The van der Waals surface area contributed by atoms with Gasteiger partial charge in [-0.2, -0.15) is 0 Å². The smallest absolute Gasteiger partial charge is 0.337 e. The van der Waals surface area contributed by atoms with Crippen molar-refractivity contribution in [1.82, 2.24) is 4.90 Å². The van der Waals surface area contributed by atoms with E-state index in [9.17, 15) is 14.7 Å². The monoisotopic (exact) mass is 435 g/mol. The summed E-state index contributed by atoms with van der Waals surface area (Å²) in [7, 11) is 1.36. The Hall–Kier alpha value is -2.92. The van der Waals surface area contributed by atoms with Crippen LogP contribution in [0, 0.1) is 5.92 Å². The highest BCUT2D eigenvalue weighted by atomic mass is 16.5. The zero-order valence-corrected chi connectivity index (χ0v) is 18.9. The number of hydrogen-bond acceptors (Lipinski definition) is 4. The molecule has 5 heteroatoms. The maximum atomic E-state index is 12.4. The largest absolute Gasteiger partial charge is 0.465 e. The molecule has 0 spiro atoms. The number of esters is 1. The molecule has 2 aromatic rings. The molecule has 1 aliphatic heterocycles. The highest BCUT2D eigenvalue weighted by molar-refractivity contribution is 5.89. The molecule has 2 aromatic carbocycles. The van der Waals surface area contributed by atoms with E-state index >= 15 is 0 Å². The van der Waals surface area contributed by atoms with E-state index in [1.165, 1.54) is 12.7 Å². The second-order valence-electron chi connectivity index (χ2n) is 8.51. The fraction of sp³-hybridized carbons (Fsp3) is 0.407. The first kappa shape index (κ1) is 23.7. The van der Waals surface area contributed by atoms with Gasteiger partial charge >= 0.3 is 5.97 Å². The molecular weight excluding hydrogens is 402 g/mol. The van der Waals surface area contributed by atoms with Crippen LogP contribution in [0.5, 0.6) is 0 Å². The Balaban J connectivity index is 1.51. The van der Waals surface area contributed by atoms with Crippen molar-refractivity contribution in [3.05, 3.63) is 83.4 Å². The SMILES string of the molecule is COC(=O)c1ccc(CCN2C(=O)CCC2C=C[C@@H](O)[C@@H](C)CCc2ccccc2)cc1. The van der Waals surface area contributed by atoms with Crippen molar-refractivity contribution in [2.75, 3.05) is 13.7 Å². The van der Waals surface area contributed by atoms with Crippen molar-refractivity contribution in [3.63, 3.8) is 0 Å². The van der Waals surface area contributed by atoms with Gasteiger partial charge in [0.15, 0.2) is 0 Å². The lowest BCUT2D eigenvalue weighted by Crippen LogP contribution is -2.34. The third kappa shape index (κ3) is 6.54. The van der Waals surface area contributed by atoms with Gasteiger partial charge in [0.25, 0.3) is 0 Å². The number of aliphatic hydroxyl groups excluding tert-OH is 1. The molecule has 170 valence electrons. The summed E-state index contributed by atoms with van der Waals surface area (Å²) in [6.07, 6.45) is 7.21. The number of amides is 1. The first-order valence-electron chi connectivity index (χ1n) is 11.3. The van der Waals surface area contributed by atoms with Crippen LogP contribution in [0.4, 0.5) is 0 Å². The molecule has 1 fully saturated rings. The van der Waals surface area contributed by atoms with Gasteiger partial charge in [-0.25, -0.2) is 4.79 Å². The van der Waals surface area contributed by atoms with Crippen molar-refractivity contribution in [1.29, 1.82) is 0 Å². The topological polar surface area (TPSA) is 66.8 Å². The van der Waals surface area contributed by atoms with Crippen molar-refractivity contribution in [3.8, 4) is 0 Å². The van der Waals surface area contributed by atoms with Crippen LogP contribution in [0.2, 0.25) is 0 Å². The minimum absolute atomic E-state index is 0.0211. The molecule has 5 nitrogen and oxygen atoms in total. The highest BCUT2D eigenvalue weighted by Gasteiger charge is 2.29. The number of nitrogens with zero attached hydrogens (tertiary/aromatic N) is 1. The number of ether oxygens (including phenoxy) is 1. The van der Waals surface area contributed by atoms with E-state index in [4.69, 9.17) is 4.74 Å². The number of benzene rings is 2. The van der Waals surface area contributed by atoms with Crippen molar-refractivity contribution < 1.29 is 19.4 Å². The Bertz CT molecular complexity index is 907. The maximum absolute atomic E-state index is 12.4. The van der Waals surface area contributed by atoms with Crippen LogP contribution in [0.15, 0.2) is 66.7 Å². The molecule has 0 aliphatic carbocycles. The summed E-state index contributed by atoms with van der Waals surface area (Å²) in [6, 6.07) is 17.6. The fourth-order valence-corrected chi connectivity index (χ4v) is 4.06. The maximum Gasteiger partial charge on any atom is 0.337 e. The standard InChI is InChI=1S/C27H33NO4/c1-20(8-9-21-6-4-3-5-7-21)25(29)16-14-24-15-17-26(30)28(24)19-18-22-10-12-23(13-11-22)27(31)32-2/h3-7,10-14,16,20,24-25,29H,8-9,15,17-19H2,1-2H3/t20-,24?,25+/m0/s1. The van der Waals surface area contributed by atoms with Gasteiger partial charge in [-0.3, -0.25) is 4.79 Å². The van der Waals surface area contributed by atoms with E-state index in [1.807, 2.05) is 47.4 Å². The third-order valence-electron chi connectivity index (χ3n) is 6.24. The molecular formula is C27H33NO4. The predicted octanol–water partition coefficient (Wildman–Crippen LogP) is 4.19. The van der Waals surface area contributed by atoms with Crippen LogP contribution in [0.1, 0.15) is 47.7 Å². The van der Waals surface area contributed by atoms with Gasteiger partial charge in [-0.15, -0.1) is 0 Å². The molecule has 0 aromatic heterocycles.